The van der Waals surface area contributed by atoms with Crippen LogP contribution in [0.1, 0.15) is 20.7 Å². The van der Waals surface area contributed by atoms with Crippen LogP contribution in [0.25, 0.3) is 0 Å². The monoisotopic (exact) mass is 272 g/mol. The third-order valence-electron chi connectivity index (χ3n) is 1.87. The Bertz CT molecular complexity index is 400. The van der Waals surface area contributed by atoms with E-state index in [0.29, 0.717) is 5.56 Å². The molecule has 0 fully saturated rings. The highest BCUT2D eigenvalue weighted by Gasteiger charge is 2.14. The Balaban J connectivity index is 3.22. The van der Waals surface area contributed by atoms with Crippen molar-refractivity contribution < 1.29 is 19.4 Å². The molecule has 0 aliphatic heterocycles. The van der Waals surface area contributed by atoms with Gasteiger partial charge in [-0.15, -0.1) is 0 Å². The van der Waals surface area contributed by atoms with E-state index in [0.717, 1.165) is 0 Å². The van der Waals surface area contributed by atoms with Crippen molar-refractivity contribution in [2.45, 2.75) is 0 Å². The molecule has 0 bridgehead atoms. The first kappa shape index (κ1) is 11.7. The van der Waals surface area contributed by atoms with Gasteiger partial charge in [0.15, 0.2) is 5.78 Å². The number of hydrogen-bond donors (Lipinski definition) is 1. The van der Waals surface area contributed by atoms with Gasteiger partial charge in [0.1, 0.15) is 11.3 Å². The van der Waals surface area contributed by atoms with Crippen molar-refractivity contribution in [2.75, 3.05) is 12.4 Å². The van der Waals surface area contributed by atoms with Crippen molar-refractivity contribution in [1.82, 2.24) is 0 Å². The van der Waals surface area contributed by atoms with Crippen molar-refractivity contribution in [3.63, 3.8) is 0 Å². The summed E-state index contributed by atoms with van der Waals surface area (Å²) in [6.45, 7) is 0. The van der Waals surface area contributed by atoms with Crippen LogP contribution in [0.5, 0.6) is 5.75 Å². The van der Waals surface area contributed by atoms with Crippen molar-refractivity contribution in [1.29, 1.82) is 0 Å². The van der Waals surface area contributed by atoms with Gasteiger partial charge in [-0.05, 0) is 18.2 Å². The number of carbonyl (C=O) groups is 2. The summed E-state index contributed by atoms with van der Waals surface area (Å²) in [7, 11) is 1.38. The summed E-state index contributed by atoms with van der Waals surface area (Å²) in [6.07, 6.45) is 0. The lowest BCUT2D eigenvalue weighted by Crippen LogP contribution is -2.05. The van der Waals surface area contributed by atoms with Crippen molar-refractivity contribution in [3.05, 3.63) is 29.3 Å². The largest absolute Gasteiger partial charge is 0.496 e. The fourth-order valence-corrected chi connectivity index (χ4v) is 1.45. The first-order valence-electron chi connectivity index (χ1n) is 4.10. The zero-order chi connectivity index (χ0) is 11.4. The molecule has 1 N–H and O–H groups in total. The summed E-state index contributed by atoms with van der Waals surface area (Å²) in [5.74, 6) is -1.04. The van der Waals surface area contributed by atoms with E-state index in [-0.39, 0.29) is 22.4 Å². The number of methoxy groups -OCH3 is 1. The summed E-state index contributed by atoms with van der Waals surface area (Å²) in [5.41, 5.74) is 0.342. The Morgan fingerprint density at radius 2 is 2.13 bits per heavy atom. The van der Waals surface area contributed by atoms with Gasteiger partial charge in [-0.2, -0.15) is 0 Å². The van der Waals surface area contributed by atoms with Crippen LogP contribution < -0.4 is 4.74 Å². The average molecular weight is 273 g/mol. The lowest BCUT2D eigenvalue weighted by Gasteiger charge is -2.05. The van der Waals surface area contributed by atoms with E-state index in [1.54, 1.807) is 0 Å². The zero-order valence-corrected chi connectivity index (χ0v) is 9.58. The van der Waals surface area contributed by atoms with Crippen LogP contribution in [0.3, 0.4) is 0 Å². The van der Waals surface area contributed by atoms with E-state index in [1.165, 1.54) is 25.3 Å². The van der Waals surface area contributed by atoms with E-state index >= 15 is 0 Å². The number of halogens is 1. The molecule has 1 rings (SSSR count). The highest BCUT2D eigenvalue weighted by atomic mass is 79.9. The molecule has 0 saturated carbocycles. The molecule has 0 aromatic heterocycles. The number of hydrogen-bond acceptors (Lipinski definition) is 3. The molecule has 15 heavy (non-hydrogen) atoms. The van der Waals surface area contributed by atoms with Crippen LogP contribution >= 0.6 is 15.9 Å². The Kier molecular flexibility index (Phi) is 3.85. The minimum Gasteiger partial charge on any atom is -0.496 e. The lowest BCUT2D eigenvalue weighted by atomic mass is 10.1. The number of benzene rings is 1. The number of carboxylic acids is 1. The van der Waals surface area contributed by atoms with Crippen LogP contribution in [-0.2, 0) is 0 Å². The molecule has 0 heterocycles. The molecular weight excluding hydrogens is 264 g/mol. The van der Waals surface area contributed by atoms with E-state index in [2.05, 4.69) is 15.9 Å². The van der Waals surface area contributed by atoms with Crippen molar-refractivity contribution in [2.24, 2.45) is 0 Å². The van der Waals surface area contributed by atoms with Gasteiger partial charge in [0.25, 0.3) is 0 Å². The molecule has 5 heteroatoms. The van der Waals surface area contributed by atoms with Gasteiger partial charge in [0.05, 0.1) is 12.4 Å². The average Bonchev–Trinajstić information content (AvgIpc) is 2.27. The summed E-state index contributed by atoms with van der Waals surface area (Å²) in [5, 5.41) is 9.04. The highest BCUT2D eigenvalue weighted by molar-refractivity contribution is 9.09. The Labute approximate surface area is 95.0 Å². The number of Topliss-reactive ketones (excluding diaryl/α,β-unsaturated/α-hetero) is 1. The first-order valence-corrected chi connectivity index (χ1v) is 5.22. The number of carbonyl (C=O) groups excluding carboxylic acids is 1. The fourth-order valence-electron chi connectivity index (χ4n) is 1.13. The minimum atomic E-state index is -1.11. The van der Waals surface area contributed by atoms with E-state index in [4.69, 9.17) is 9.84 Å². The molecule has 0 atom stereocenters. The summed E-state index contributed by atoms with van der Waals surface area (Å²) in [6, 6.07) is 4.32. The van der Waals surface area contributed by atoms with Crippen molar-refractivity contribution in [3.8, 4) is 5.75 Å². The van der Waals surface area contributed by atoms with Crippen LogP contribution in [0, 0.1) is 0 Å². The Morgan fingerprint density at radius 3 is 2.60 bits per heavy atom. The smallest absolute Gasteiger partial charge is 0.339 e. The molecule has 4 nitrogen and oxygen atoms in total. The van der Waals surface area contributed by atoms with Crippen LogP contribution in [0.4, 0.5) is 0 Å². The standard InChI is InChI=1S/C10H9BrO4/c1-15-9-3-2-6(8(12)5-11)4-7(9)10(13)14/h2-4H,5H2,1H3,(H,13,14). The molecule has 0 aliphatic carbocycles. The SMILES string of the molecule is COc1ccc(C(=O)CBr)cc1C(=O)O. The Hall–Kier alpha value is -1.36. The predicted molar refractivity (Wildman–Crippen MR) is 58.1 cm³/mol. The van der Waals surface area contributed by atoms with Gasteiger partial charge >= 0.3 is 5.97 Å². The van der Waals surface area contributed by atoms with E-state index < -0.39 is 5.97 Å². The van der Waals surface area contributed by atoms with Gasteiger partial charge in [-0.1, -0.05) is 15.9 Å². The molecule has 1 aromatic rings. The normalized spacial score (nSPS) is 9.73. The molecule has 0 radical (unpaired) electrons. The first-order chi connectivity index (χ1) is 7.10. The molecule has 0 aliphatic rings. The van der Waals surface area contributed by atoms with Crippen LogP contribution in [0.15, 0.2) is 18.2 Å². The van der Waals surface area contributed by atoms with E-state index in [9.17, 15) is 9.59 Å². The number of ether oxygens (including phenoxy) is 1. The zero-order valence-electron chi connectivity index (χ0n) is 7.99. The predicted octanol–water partition coefficient (Wildman–Crippen LogP) is 1.97. The minimum absolute atomic E-state index is 0.00991. The number of carboxylic acid groups (broad SMARTS) is 1. The quantitative estimate of drug-likeness (QED) is 0.673. The fraction of sp³-hybridized carbons (Fsp3) is 0.200. The number of rotatable bonds is 4. The number of alkyl halides is 1. The topological polar surface area (TPSA) is 63.6 Å². The molecule has 1 aromatic carbocycles. The van der Waals surface area contributed by atoms with Gasteiger partial charge in [-0.25, -0.2) is 4.79 Å². The van der Waals surface area contributed by atoms with Gasteiger partial charge < -0.3 is 9.84 Å². The van der Waals surface area contributed by atoms with Gasteiger partial charge in [0, 0.05) is 5.56 Å². The van der Waals surface area contributed by atoms with E-state index in [1.807, 2.05) is 0 Å². The highest BCUT2D eigenvalue weighted by Crippen LogP contribution is 2.20. The summed E-state index contributed by atoms with van der Waals surface area (Å²) >= 11 is 3.02. The molecular formula is C10H9BrO4. The number of ketones is 1. The maximum atomic E-state index is 11.3. The van der Waals surface area contributed by atoms with Gasteiger partial charge in [0.2, 0.25) is 0 Å². The van der Waals surface area contributed by atoms with Crippen LogP contribution in [0.2, 0.25) is 0 Å². The van der Waals surface area contributed by atoms with Crippen molar-refractivity contribution >= 4 is 27.7 Å². The molecule has 0 saturated heterocycles. The summed E-state index contributed by atoms with van der Waals surface area (Å²) < 4.78 is 4.87. The second-order valence-electron chi connectivity index (χ2n) is 2.78. The molecule has 0 amide bonds. The Morgan fingerprint density at radius 1 is 1.47 bits per heavy atom. The molecule has 0 unspecified atom stereocenters. The molecule has 0 spiro atoms. The maximum absolute atomic E-state index is 11.3. The summed E-state index contributed by atoms with van der Waals surface area (Å²) in [4.78, 5) is 22.1. The third kappa shape index (κ3) is 2.56. The lowest BCUT2D eigenvalue weighted by molar-refractivity contribution is 0.0693. The van der Waals surface area contributed by atoms with Crippen LogP contribution in [-0.4, -0.2) is 29.3 Å². The maximum Gasteiger partial charge on any atom is 0.339 e. The number of aromatic carboxylic acids is 1. The third-order valence-corrected chi connectivity index (χ3v) is 2.38. The van der Waals surface area contributed by atoms with Gasteiger partial charge in [-0.3, -0.25) is 4.79 Å². The second-order valence-corrected chi connectivity index (χ2v) is 3.34. The second kappa shape index (κ2) is 4.93. The molecule has 80 valence electrons.